The van der Waals surface area contributed by atoms with Gasteiger partial charge < -0.3 is 15.0 Å². The summed E-state index contributed by atoms with van der Waals surface area (Å²) in [6.45, 7) is 4.05. The summed E-state index contributed by atoms with van der Waals surface area (Å²) in [5, 5.41) is 4.74. The van der Waals surface area contributed by atoms with Crippen molar-refractivity contribution in [2.75, 3.05) is 40.3 Å². The van der Waals surface area contributed by atoms with Crippen LogP contribution >= 0.6 is 15.9 Å². The summed E-state index contributed by atoms with van der Waals surface area (Å²) in [5.41, 5.74) is 0. The van der Waals surface area contributed by atoms with Crippen LogP contribution in [0.3, 0.4) is 0 Å². The van der Waals surface area contributed by atoms with E-state index < -0.39 is 0 Å². The van der Waals surface area contributed by atoms with Crippen molar-refractivity contribution in [3.8, 4) is 5.75 Å². The molecule has 0 aliphatic rings. The lowest BCUT2D eigenvalue weighted by molar-refractivity contribution is -0.874. The molecule has 0 aromatic heterocycles. The summed E-state index contributed by atoms with van der Waals surface area (Å²) in [5.74, 6) is 0.926. The van der Waals surface area contributed by atoms with Crippen LogP contribution in [-0.4, -0.2) is 40.3 Å². The van der Waals surface area contributed by atoms with Gasteiger partial charge >= 0.3 is 0 Å². The summed E-state index contributed by atoms with van der Waals surface area (Å²) in [7, 11) is 4.35. The number of nitrogens with two attached hydrogens (primary N) is 1. The first-order valence-electron chi connectivity index (χ1n) is 7.09. The third-order valence-electron chi connectivity index (χ3n) is 3.26. The first-order valence-corrected chi connectivity index (χ1v) is 7.88. The van der Waals surface area contributed by atoms with Gasteiger partial charge in [-0.3, -0.25) is 0 Å². The van der Waals surface area contributed by atoms with Crippen LogP contribution in [0.15, 0.2) is 40.9 Å². The zero-order valence-corrected chi connectivity index (χ0v) is 13.7. The molecule has 0 amide bonds. The molecule has 2 aromatic rings. The number of rotatable bonds is 7. The first kappa shape index (κ1) is 15.3. The molecule has 0 radical (unpaired) electrons. The molecule has 2 rings (SSSR count). The number of hydrogen-bond acceptors (Lipinski definition) is 1. The molecule has 0 fully saturated rings. The maximum atomic E-state index is 5.87. The highest BCUT2D eigenvalue weighted by Crippen LogP contribution is 2.32. The summed E-state index contributed by atoms with van der Waals surface area (Å²) in [6.07, 6.45) is 0. The van der Waals surface area contributed by atoms with Crippen LogP contribution in [0.2, 0.25) is 0 Å². The van der Waals surface area contributed by atoms with Gasteiger partial charge in [0.1, 0.15) is 32.0 Å². The molecule has 108 valence electrons. The van der Waals surface area contributed by atoms with E-state index in [-0.39, 0.29) is 0 Å². The van der Waals surface area contributed by atoms with Crippen molar-refractivity contribution in [2.45, 2.75) is 0 Å². The molecule has 0 saturated heterocycles. The maximum Gasteiger partial charge on any atom is 0.137 e. The number of nitrogens with one attached hydrogen (secondary N) is 1. The van der Waals surface area contributed by atoms with E-state index in [9.17, 15) is 0 Å². The first-order chi connectivity index (χ1) is 9.68. The average Bonchev–Trinajstić information content (AvgIpc) is 2.45. The van der Waals surface area contributed by atoms with Gasteiger partial charge in [0.25, 0.3) is 0 Å². The molecule has 0 unspecified atom stereocenters. The van der Waals surface area contributed by atoms with Crippen molar-refractivity contribution in [3.05, 3.63) is 40.9 Å². The molecule has 0 heterocycles. The summed E-state index contributed by atoms with van der Waals surface area (Å²) >= 11 is 3.65. The fraction of sp³-hybridized carbons (Fsp3) is 0.375. The molecule has 3 N–H and O–H groups in total. The highest BCUT2D eigenvalue weighted by molar-refractivity contribution is 9.10. The minimum Gasteiger partial charge on any atom is -0.487 e. The Morgan fingerprint density at radius 1 is 1.10 bits per heavy atom. The van der Waals surface area contributed by atoms with Gasteiger partial charge in [0, 0.05) is 0 Å². The van der Waals surface area contributed by atoms with E-state index in [1.165, 1.54) is 22.2 Å². The van der Waals surface area contributed by atoms with Gasteiger partial charge in [0.05, 0.1) is 18.6 Å². The molecule has 0 spiro atoms. The van der Waals surface area contributed by atoms with Gasteiger partial charge in [-0.1, -0.05) is 30.3 Å². The van der Waals surface area contributed by atoms with Crippen LogP contribution in [0.1, 0.15) is 0 Å². The molecule has 2 aromatic carbocycles. The number of fused-ring (bicyclic) bond motifs is 1. The number of benzene rings is 2. The van der Waals surface area contributed by atoms with Crippen molar-refractivity contribution in [1.82, 2.24) is 0 Å². The standard InChI is InChI=1S/C16H21BrN2O/c1-19(2)11-9-18-10-12-20-15-8-7-13-5-3-4-6-14(13)16(15)17/h3-8,18H,9-12H2,1-2H3/p+2. The number of quaternary nitrogens is 2. The van der Waals surface area contributed by atoms with E-state index in [1.807, 2.05) is 12.1 Å². The van der Waals surface area contributed by atoms with E-state index in [0.717, 1.165) is 29.9 Å². The number of ether oxygens (including phenoxy) is 1. The van der Waals surface area contributed by atoms with Crippen LogP contribution in [0, 0.1) is 0 Å². The summed E-state index contributed by atoms with van der Waals surface area (Å²) in [4.78, 5) is 1.49. The van der Waals surface area contributed by atoms with E-state index in [0.29, 0.717) is 0 Å². The quantitative estimate of drug-likeness (QED) is 0.715. The van der Waals surface area contributed by atoms with Gasteiger partial charge in [-0.25, -0.2) is 0 Å². The van der Waals surface area contributed by atoms with Crippen molar-refractivity contribution < 1.29 is 15.0 Å². The number of likely N-dealkylation sites (N-methyl/N-ethyl adjacent to an activating group) is 1. The fourth-order valence-corrected chi connectivity index (χ4v) is 2.72. The molecular formula is C16H23BrN2O+2. The molecule has 3 nitrogen and oxygen atoms in total. The highest BCUT2D eigenvalue weighted by atomic mass is 79.9. The van der Waals surface area contributed by atoms with Crippen LogP contribution in [0.25, 0.3) is 10.8 Å². The highest BCUT2D eigenvalue weighted by Gasteiger charge is 2.06. The van der Waals surface area contributed by atoms with Crippen molar-refractivity contribution in [2.24, 2.45) is 0 Å². The van der Waals surface area contributed by atoms with Crippen LogP contribution in [-0.2, 0) is 0 Å². The Morgan fingerprint density at radius 2 is 1.90 bits per heavy atom. The maximum absolute atomic E-state index is 5.87. The van der Waals surface area contributed by atoms with Gasteiger partial charge in [0.15, 0.2) is 0 Å². The number of hydrogen-bond donors (Lipinski definition) is 2. The lowest BCUT2D eigenvalue weighted by atomic mass is 10.1. The predicted molar refractivity (Wildman–Crippen MR) is 86.5 cm³/mol. The molecule has 0 atom stereocenters. The van der Waals surface area contributed by atoms with E-state index in [1.54, 1.807) is 0 Å². The lowest BCUT2D eigenvalue weighted by Crippen LogP contribution is -3.09. The minimum absolute atomic E-state index is 0.736. The van der Waals surface area contributed by atoms with Crippen LogP contribution in [0.5, 0.6) is 5.75 Å². The minimum atomic E-state index is 0.736. The molecule has 4 heteroatoms. The Labute approximate surface area is 129 Å². The third-order valence-corrected chi connectivity index (χ3v) is 4.07. The number of halogens is 1. The Hall–Kier alpha value is -1.10. The molecule has 0 bridgehead atoms. The van der Waals surface area contributed by atoms with Gasteiger partial charge in [-0.15, -0.1) is 0 Å². The van der Waals surface area contributed by atoms with Crippen molar-refractivity contribution in [3.63, 3.8) is 0 Å². The summed E-state index contributed by atoms with van der Waals surface area (Å²) in [6, 6.07) is 12.5. The molecular weight excluding hydrogens is 316 g/mol. The van der Waals surface area contributed by atoms with Gasteiger partial charge in [-0.2, -0.15) is 0 Å². The Balaban J connectivity index is 1.86. The molecule has 0 saturated carbocycles. The second-order valence-electron chi connectivity index (χ2n) is 5.27. The Morgan fingerprint density at radius 3 is 2.70 bits per heavy atom. The molecule has 0 aliphatic heterocycles. The summed E-state index contributed by atoms with van der Waals surface area (Å²) < 4.78 is 6.92. The fourth-order valence-electron chi connectivity index (χ4n) is 2.11. The average molecular weight is 339 g/mol. The largest absolute Gasteiger partial charge is 0.487 e. The normalized spacial score (nSPS) is 11.2. The second-order valence-corrected chi connectivity index (χ2v) is 6.06. The zero-order valence-electron chi connectivity index (χ0n) is 12.2. The zero-order chi connectivity index (χ0) is 14.4. The Kier molecular flexibility index (Phi) is 5.83. The van der Waals surface area contributed by atoms with Gasteiger partial charge in [-0.05, 0) is 32.8 Å². The van der Waals surface area contributed by atoms with Crippen LogP contribution in [0.4, 0.5) is 0 Å². The topological polar surface area (TPSA) is 30.3 Å². The SMILES string of the molecule is C[NH+](C)CC[NH2+]CCOc1ccc2ccccc2c1Br. The second kappa shape index (κ2) is 7.62. The van der Waals surface area contributed by atoms with Gasteiger partial charge in [0.2, 0.25) is 0 Å². The molecule has 20 heavy (non-hydrogen) atoms. The monoisotopic (exact) mass is 338 g/mol. The predicted octanol–water partition coefficient (Wildman–Crippen LogP) is 0.689. The Bertz CT molecular complexity index is 557. The smallest absolute Gasteiger partial charge is 0.137 e. The van der Waals surface area contributed by atoms with Crippen molar-refractivity contribution in [1.29, 1.82) is 0 Å². The van der Waals surface area contributed by atoms with E-state index >= 15 is 0 Å². The van der Waals surface area contributed by atoms with Crippen molar-refractivity contribution >= 4 is 26.7 Å². The molecule has 0 aliphatic carbocycles. The van der Waals surface area contributed by atoms with Crippen LogP contribution < -0.4 is 15.0 Å². The lowest BCUT2D eigenvalue weighted by Gasteiger charge is -2.10. The van der Waals surface area contributed by atoms with E-state index in [2.05, 4.69) is 59.6 Å². The third kappa shape index (κ3) is 4.20. The van der Waals surface area contributed by atoms with E-state index in [4.69, 9.17) is 4.74 Å².